The summed E-state index contributed by atoms with van der Waals surface area (Å²) in [5, 5.41) is 0.974. The number of hydrogen-bond acceptors (Lipinski definition) is 3. The van der Waals surface area contributed by atoms with Gasteiger partial charge in [-0.15, -0.1) is 11.3 Å². The molecule has 0 aliphatic rings. The maximum absolute atomic E-state index is 12.3. The van der Waals surface area contributed by atoms with E-state index in [1.165, 1.54) is 11.3 Å². The largest absolute Gasteiger partial charge is 0.297 e. The van der Waals surface area contributed by atoms with Crippen molar-refractivity contribution in [2.45, 2.75) is 38.9 Å². The summed E-state index contributed by atoms with van der Waals surface area (Å²) in [4.78, 5) is 16.5. The van der Waals surface area contributed by atoms with Crippen molar-refractivity contribution in [1.29, 1.82) is 0 Å². The van der Waals surface area contributed by atoms with Gasteiger partial charge in [0.15, 0.2) is 10.4 Å². The van der Waals surface area contributed by atoms with Crippen molar-refractivity contribution in [3.8, 4) is 0 Å². The third-order valence-electron chi connectivity index (χ3n) is 3.11. The van der Waals surface area contributed by atoms with Crippen LogP contribution in [-0.2, 0) is 0 Å². The summed E-state index contributed by atoms with van der Waals surface area (Å²) in [6.45, 7) is 10.6. The Morgan fingerprint density at radius 3 is 2.33 bits per heavy atom. The van der Waals surface area contributed by atoms with Crippen LogP contribution < -0.4 is 0 Å². The van der Waals surface area contributed by atoms with E-state index in [1.807, 2.05) is 0 Å². The van der Waals surface area contributed by atoms with Crippen LogP contribution in [0.2, 0.25) is 18.1 Å². The van der Waals surface area contributed by atoms with E-state index < -0.39 is 8.07 Å². The zero-order valence-electron chi connectivity index (χ0n) is 9.72. The Balaban J connectivity index is 3.05. The molecule has 1 aromatic rings. The average molecular weight is 306 g/mol. The zero-order chi connectivity index (χ0) is 11.9. The summed E-state index contributed by atoms with van der Waals surface area (Å²) in [7, 11) is -1.95. The summed E-state index contributed by atoms with van der Waals surface area (Å²) in [5.41, 5.74) is 0. The molecule has 1 rings (SSSR count). The van der Waals surface area contributed by atoms with Crippen LogP contribution in [0.25, 0.3) is 0 Å². The number of hydrogen-bond donors (Lipinski definition) is 0. The first-order valence-corrected chi connectivity index (χ1v) is 9.43. The first kappa shape index (κ1) is 13.1. The van der Waals surface area contributed by atoms with Gasteiger partial charge in [-0.05, 0) is 21.0 Å². The lowest BCUT2D eigenvalue weighted by molar-refractivity contribution is 0.106. The molecule has 0 amide bonds. The molecule has 0 N–H and O–H groups in total. The molecule has 5 heteroatoms. The van der Waals surface area contributed by atoms with Gasteiger partial charge < -0.3 is 0 Å². The van der Waals surface area contributed by atoms with E-state index in [9.17, 15) is 4.79 Å². The van der Waals surface area contributed by atoms with Crippen molar-refractivity contribution in [3.05, 3.63) is 15.0 Å². The normalized spacial score (nSPS) is 12.9. The highest BCUT2D eigenvalue weighted by Gasteiger charge is 2.43. The number of aromatic nitrogens is 1. The lowest BCUT2D eigenvalue weighted by Gasteiger charge is -2.34. The molecule has 0 unspecified atom stereocenters. The van der Waals surface area contributed by atoms with Crippen LogP contribution in [0.5, 0.6) is 0 Å². The van der Waals surface area contributed by atoms with E-state index in [0.717, 1.165) is 3.79 Å². The van der Waals surface area contributed by atoms with Crippen molar-refractivity contribution in [2.24, 2.45) is 0 Å². The second-order valence-electron chi connectivity index (χ2n) is 5.17. The molecule has 0 aliphatic heterocycles. The van der Waals surface area contributed by atoms with E-state index >= 15 is 0 Å². The van der Waals surface area contributed by atoms with E-state index in [0.29, 0.717) is 5.01 Å². The van der Waals surface area contributed by atoms with Crippen LogP contribution in [0.1, 0.15) is 30.6 Å². The first-order valence-electron chi connectivity index (χ1n) is 4.82. The highest BCUT2D eigenvalue weighted by Crippen LogP contribution is 2.38. The molecule has 1 aromatic heterocycles. The third kappa shape index (κ3) is 2.57. The molecule has 0 saturated heterocycles. The third-order valence-corrected chi connectivity index (χ3v) is 9.89. The number of carbonyl (C=O) groups excluding carboxylic acids is 1. The summed E-state index contributed by atoms with van der Waals surface area (Å²) < 4.78 is 0.921. The molecule has 2 nitrogen and oxygen atoms in total. The Kier molecular flexibility index (Phi) is 3.58. The maximum Gasteiger partial charge on any atom is 0.168 e. The van der Waals surface area contributed by atoms with Crippen molar-refractivity contribution in [3.63, 3.8) is 0 Å². The van der Waals surface area contributed by atoms with Crippen LogP contribution >= 0.6 is 27.3 Å². The molecule has 0 bridgehead atoms. The molecule has 0 atom stereocenters. The predicted molar refractivity (Wildman–Crippen MR) is 71.3 cm³/mol. The van der Waals surface area contributed by atoms with Gasteiger partial charge in [0.25, 0.3) is 0 Å². The summed E-state index contributed by atoms with van der Waals surface area (Å²) in [5.74, 6) is 0. The molecule has 0 radical (unpaired) electrons. The minimum atomic E-state index is -1.95. The van der Waals surface area contributed by atoms with Gasteiger partial charge in [0, 0.05) is 0 Å². The Morgan fingerprint density at radius 2 is 2.00 bits per heavy atom. The van der Waals surface area contributed by atoms with Crippen molar-refractivity contribution in [1.82, 2.24) is 4.98 Å². The van der Waals surface area contributed by atoms with Gasteiger partial charge in [0.2, 0.25) is 0 Å². The number of carbonyl (C=O) groups is 1. The standard InChI is InChI=1S/C10H16BrNOSSi/c1-10(2,3)15(4,5)9(13)8-12-6-7(11)14-8/h6H,1-5H3. The van der Waals surface area contributed by atoms with Gasteiger partial charge in [-0.3, -0.25) is 4.79 Å². The van der Waals surface area contributed by atoms with Gasteiger partial charge in [-0.25, -0.2) is 4.98 Å². The van der Waals surface area contributed by atoms with Gasteiger partial charge in [-0.1, -0.05) is 33.9 Å². The molecule has 84 valence electrons. The quantitative estimate of drug-likeness (QED) is 0.769. The Hall–Kier alpha value is -0.00312. The summed E-state index contributed by atoms with van der Waals surface area (Å²) in [6, 6.07) is 0. The Bertz CT molecular complexity index is 381. The zero-order valence-corrected chi connectivity index (χ0v) is 13.1. The maximum atomic E-state index is 12.3. The highest BCUT2D eigenvalue weighted by atomic mass is 79.9. The van der Waals surface area contributed by atoms with Crippen LogP contribution in [0.4, 0.5) is 0 Å². The second-order valence-corrected chi connectivity index (χ2v) is 12.8. The molecule has 0 aliphatic carbocycles. The molecule has 15 heavy (non-hydrogen) atoms. The smallest absolute Gasteiger partial charge is 0.168 e. The Morgan fingerprint density at radius 1 is 1.47 bits per heavy atom. The lowest BCUT2D eigenvalue weighted by Crippen LogP contribution is -2.46. The predicted octanol–water partition coefficient (Wildman–Crippen LogP) is 4.14. The van der Waals surface area contributed by atoms with Crippen LogP contribution in [0.15, 0.2) is 9.98 Å². The van der Waals surface area contributed by atoms with Gasteiger partial charge in [-0.2, -0.15) is 0 Å². The van der Waals surface area contributed by atoms with Crippen molar-refractivity contribution >= 4 is 40.7 Å². The minimum Gasteiger partial charge on any atom is -0.297 e. The number of halogens is 1. The SMILES string of the molecule is CC(C)(C)[Si](C)(C)C(=O)c1ncc(Br)s1. The van der Waals surface area contributed by atoms with E-state index in [4.69, 9.17) is 0 Å². The second kappa shape index (κ2) is 4.11. The van der Waals surface area contributed by atoms with Crippen LogP contribution in [0.3, 0.4) is 0 Å². The first-order chi connectivity index (χ1) is 6.66. The van der Waals surface area contributed by atoms with E-state index in [1.54, 1.807) is 6.20 Å². The van der Waals surface area contributed by atoms with Gasteiger partial charge >= 0.3 is 0 Å². The van der Waals surface area contributed by atoms with Gasteiger partial charge in [0.1, 0.15) is 8.07 Å². The van der Waals surface area contributed by atoms with E-state index in [2.05, 4.69) is 54.8 Å². The molecule has 1 heterocycles. The van der Waals surface area contributed by atoms with Crippen molar-refractivity contribution in [2.75, 3.05) is 0 Å². The topological polar surface area (TPSA) is 30.0 Å². The van der Waals surface area contributed by atoms with E-state index in [-0.39, 0.29) is 10.4 Å². The van der Waals surface area contributed by atoms with Gasteiger partial charge in [0.05, 0.1) is 9.98 Å². The highest BCUT2D eigenvalue weighted by molar-refractivity contribution is 9.11. The molecule has 0 fully saturated rings. The molecule has 0 spiro atoms. The number of thiazole rings is 1. The average Bonchev–Trinajstić information content (AvgIpc) is 2.48. The fraction of sp³-hybridized carbons (Fsp3) is 0.600. The fourth-order valence-corrected chi connectivity index (χ4v) is 4.22. The molecular weight excluding hydrogens is 290 g/mol. The minimum absolute atomic E-state index is 0.0717. The summed E-state index contributed by atoms with van der Waals surface area (Å²) >= 11 is 4.77. The Labute approximate surface area is 104 Å². The molecule has 0 aromatic carbocycles. The molecular formula is C10H16BrNOSSi. The number of rotatable bonds is 2. The fourth-order valence-electron chi connectivity index (χ4n) is 0.967. The number of nitrogens with zero attached hydrogens (tertiary/aromatic N) is 1. The molecule has 0 saturated carbocycles. The lowest BCUT2D eigenvalue weighted by atomic mass is 10.2. The monoisotopic (exact) mass is 305 g/mol. The van der Waals surface area contributed by atoms with Crippen molar-refractivity contribution < 1.29 is 4.79 Å². The van der Waals surface area contributed by atoms with Crippen LogP contribution in [-0.4, -0.2) is 18.5 Å². The summed E-state index contributed by atoms with van der Waals surface area (Å²) in [6.07, 6.45) is 1.70. The van der Waals surface area contributed by atoms with Crippen LogP contribution in [0, 0.1) is 0 Å².